The molecule has 4 heterocycles. The Hall–Kier alpha value is -1.53. The van der Waals surface area contributed by atoms with Crippen LogP contribution in [0.3, 0.4) is 0 Å². The Morgan fingerprint density at radius 2 is 2.17 bits per heavy atom. The summed E-state index contributed by atoms with van der Waals surface area (Å²) < 4.78 is 0. The standard InChI is InChI=1S/C12H17N5O/c18-12(11-8-13-1-2-14-11)15-7-10-9-16-3-5-17(10)6-4-16/h1-2,8,10H,3-7,9H2,(H,15,18). The number of fused-ring (bicyclic) bond motifs is 3. The Balaban J connectivity index is 1.54. The van der Waals surface area contributed by atoms with Crippen LogP contribution in [0.5, 0.6) is 0 Å². The molecule has 3 aliphatic rings. The van der Waals surface area contributed by atoms with Gasteiger partial charge in [-0.15, -0.1) is 0 Å². The Labute approximate surface area is 106 Å². The molecule has 1 atom stereocenters. The third-order valence-electron chi connectivity index (χ3n) is 3.69. The van der Waals surface area contributed by atoms with Crippen LogP contribution in [-0.2, 0) is 0 Å². The molecule has 1 aromatic heterocycles. The maximum Gasteiger partial charge on any atom is 0.271 e. The molecule has 3 fully saturated rings. The average Bonchev–Trinajstić information content (AvgIpc) is 2.47. The summed E-state index contributed by atoms with van der Waals surface area (Å²) in [6.45, 7) is 6.30. The van der Waals surface area contributed by atoms with E-state index in [1.165, 1.54) is 12.4 Å². The maximum absolute atomic E-state index is 11.8. The van der Waals surface area contributed by atoms with E-state index in [9.17, 15) is 4.79 Å². The molecule has 18 heavy (non-hydrogen) atoms. The van der Waals surface area contributed by atoms with Crippen molar-refractivity contribution >= 4 is 5.91 Å². The highest BCUT2D eigenvalue weighted by Gasteiger charge is 2.31. The first-order chi connectivity index (χ1) is 8.83. The van der Waals surface area contributed by atoms with Crippen LogP contribution in [0.15, 0.2) is 18.6 Å². The number of amides is 1. The molecule has 0 saturated carbocycles. The molecule has 0 spiro atoms. The Kier molecular flexibility index (Phi) is 3.21. The van der Waals surface area contributed by atoms with Gasteiger partial charge in [0, 0.05) is 57.7 Å². The minimum absolute atomic E-state index is 0.138. The fourth-order valence-corrected chi connectivity index (χ4v) is 2.64. The predicted molar refractivity (Wildman–Crippen MR) is 66.2 cm³/mol. The van der Waals surface area contributed by atoms with Crippen LogP contribution in [-0.4, -0.2) is 71.0 Å². The molecule has 1 unspecified atom stereocenters. The zero-order chi connectivity index (χ0) is 12.4. The van der Waals surface area contributed by atoms with Crippen molar-refractivity contribution in [3.63, 3.8) is 0 Å². The zero-order valence-corrected chi connectivity index (χ0v) is 10.2. The molecule has 0 aromatic carbocycles. The number of piperazine rings is 3. The molecule has 2 bridgehead atoms. The summed E-state index contributed by atoms with van der Waals surface area (Å²) in [4.78, 5) is 24.6. The third-order valence-corrected chi connectivity index (χ3v) is 3.69. The topological polar surface area (TPSA) is 61.4 Å². The lowest BCUT2D eigenvalue weighted by atomic mass is 10.1. The predicted octanol–water partition coefficient (Wildman–Crippen LogP) is -0.794. The summed E-state index contributed by atoms with van der Waals surface area (Å²) in [5.74, 6) is -0.138. The Bertz CT molecular complexity index is 416. The largest absolute Gasteiger partial charge is 0.349 e. The quantitative estimate of drug-likeness (QED) is 0.758. The lowest BCUT2D eigenvalue weighted by Gasteiger charge is -2.47. The first kappa shape index (κ1) is 11.6. The van der Waals surface area contributed by atoms with Gasteiger partial charge in [-0.2, -0.15) is 0 Å². The van der Waals surface area contributed by atoms with Crippen molar-refractivity contribution in [2.45, 2.75) is 6.04 Å². The lowest BCUT2D eigenvalue weighted by Crippen LogP contribution is -2.63. The molecule has 4 rings (SSSR count). The van der Waals surface area contributed by atoms with Gasteiger partial charge >= 0.3 is 0 Å². The van der Waals surface area contributed by atoms with E-state index in [1.807, 2.05) is 0 Å². The number of carbonyl (C=O) groups is 1. The van der Waals surface area contributed by atoms with Crippen LogP contribution in [0.1, 0.15) is 10.5 Å². The molecule has 1 N–H and O–H groups in total. The van der Waals surface area contributed by atoms with E-state index < -0.39 is 0 Å². The van der Waals surface area contributed by atoms with Gasteiger partial charge in [0.25, 0.3) is 5.91 Å². The average molecular weight is 247 g/mol. The van der Waals surface area contributed by atoms with E-state index in [1.54, 1.807) is 6.20 Å². The Morgan fingerprint density at radius 3 is 2.78 bits per heavy atom. The maximum atomic E-state index is 11.8. The molecular formula is C12H17N5O. The van der Waals surface area contributed by atoms with E-state index in [0.29, 0.717) is 18.3 Å². The van der Waals surface area contributed by atoms with E-state index in [2.05, 4.69) is 25.1 Å². The summed E-state index contributed by atoms with van der Waals surface area (Å²) >= 11 is 0. The van der Waals surface area contributed by atoms with Crippen molar-refractivity contribution in [1.29, 1.82) is 0 Å². The van der Waals surface area contributed by atoms with Crippen LogP contribution in [0, 0.1) is 0 Å². The molecule has 1 aromatic rings. The fourth-order valence-electron chi connectivity index (χ4n) is 2.64. The van der Waals surface area contributed by atoms with Gasteiger partial charge in [0.1, 0.15) is 5.69 Å². The van der Waals surface area contributed by atoms with E-state index in [0.717, 1.165) is 32.7 Å². The number of rotatable bonds is 3. The number of nitrogens with one attached hydrogen (secondary N) is 1. The summed E-state index contributed by atoms with van der Waals surface area (Å²) in [6, 6.07) is 0.438. The van der Waals surface area contributed by atoms with Gasteiger partial charge in [0.15, 0.2) is 0 Å². The lowest BCUT2D eigenvalue weighted by molar-refractivity contribution is 0.0138. The second kappa shape index (κ2) is 4.99. The molecule has 96 valence electrons. The first-order valence-corrected chi connectivity index (χ1v) is 6.33. The number of hydrogen-bond acceptors (Lipinski definition) is 5. The second-order valence-corrected chi connectivity index (χ2v) is 4.79. The van der Waals surface area contributed by atoms with Crippen LogP contribution >= 0.6 is 0 Å². The van der Waals surface area contributed by atoms with Crippen LogP contribution in [0.25, 0.3) is 0 Å². The van der Waals surface area contributed by atoms with Gasteiger partial charge in [0.2, 0.25) is 0 Å². The highest BCUT2D eigenvalue weighted by molar-refractivity contribution is 5.91. The van der Waals surface area contributed by atoms with E-state index in [4.69, 9.17) is 0 Å². The molecule has 6 heteroatoms. The molecular weight excluding hydrogens is 230 g/mol. The van der Waals surface area contributed by atoms with Crippen molar-refractivity contribution in [2.24, 2.45) is 0 Å². The van der Waals surface area contributed by atoms with Gasteiger partial charge < -0.3 is 5.32 Å². The highest BCUT2D eigenvalue weighted by Crippen LogP contribution is 2.14. The van der Waals surface area contributed by atoms with Crippen molar-refractivity contribution in [3.05, 3.63) is 24.3 Å². The van der Waals surface area contributed by atoms with Crippen molar-refractivity contribution in [2.75, 3.05) is 39.3 Å². The van der Waals surface area contributed by atoms with E-state index >= 15 is 0 Å². The highest BCUT2D eigenvalue weighted by atomic mass is 16.1. The summed E-state index contributed by atoms with van der Waals surface area (Å²) in [5.41, 5.74) is 0.383. The van der Waals surface area contributed by atoms with Crippen LogP contribution < -0.4 is 5.32 Å². The Morgan fingerprint density at radius 1 is 1.33 bits per heavy atom. The first-order valence-electron chi connectivity index (χ1n) is 6.33. The van der Waals surface area contributed by atoms with Crippen molar-refractivity contribution in [1.82, 2.24) is 25.1 Å². The second-order valence-electron chi connectivity index (χ2n) is 4.79. The van der Waals surface area contributed by atoms with Crippen molar-refractivity contribution < 1.29 is 4.79 Å². The number of nitrogens with zero attached hydrogens (tertiary/aromatic N) is 4. The van der Waals surface area contributed by atoms with Gasteiger partial charge in [-0.25, -0.2) is 4.98 Å². The smallest absolute Gasteiger partial charge is 0.271 e. The zero-order valence-electron chi connectivity index (χ0n) is 10.2. The minimum Gasteiger partial charge on any atom is -0.349 e. The van der Waals surface area contributed by atoms with E-state index in [-0.39, 0.29) is 5.91 Å². The molecule has 3 aliphatic heterocycles. The molecule has 6 nitrogen and oxygen atoms in total. The van der Waals surface area contributed by atoms with Crippen LogP contribution in [0.4, 0.5) is 0 Å². The normalized spacial score (nSPS) is 30.1. The van der Waals surface area contributed by atoms with Gasteiger partial charge in [0.05, 0.1) is 6.20 Å². The van der Waals surface area contributed by atoms with Gasteiger partial charge in [-0.1, -0.05) is 0 Å². The number of aromatic nitrogens is 2. The SMILES string of the molecule is O=C(NCC1CN2CCN1CC2)c1cnccn1. The van der Waals surface area contributed by atoms with Gasteiger partial charge in [-0.05, 0) is 0 Å². The third kappa shape index (κ3) is 2.34. The van der Waals surface area contributed by atoms with Crippen LogP contribution in [0.2, 0.25) is 0 Å². The number of carbonyl (C=O) groups excluding carboxylic acids is 1. The van der Waals surface area contributed by atoms with Gasteiger partial charge in [-0.3, -0.25) is 19.6 Å². The summed E-state index contributed by atoms with van der Waals surface area (Å²) in [5, 5.41) is 2.94. The number of hydrogen-bond donors (Lipinski definition) is 1. The molecule has 3 saturated heterocycles. The summed E-state index contributed by atoms with van der Waals surface area (Å²) in [7, 11) is 0. The molecule has 1 amide bonds. The minimum atomic E-state index is -0.138. The molecule has 0 aliphatic carbocycles. The summed E-state index contributed by atoms with van der Waals surface area (Å²) in [6.07, 6.45) is 4.59. The molecule has 0 radical (unpaired) electrons. The fraction of sp³-hybridized carbons (Fsp3) is 0.583. The monoisotopic (exact) mass is 247 g/mol. The van der Waals surface area contributed by atoms with Crippen molar-refractivity contribution in [3.8, 4) is 0 Å².